The lowest BCUT2D eigenvalue weighted by Gasteiger charge is -2.15. The number of Topliss-reactive ketones (excluding diaryl/α,β-unsaturated/α-hetero) is 1. The largest absolute Gasteiger partial charge is 0.508 e. The van der Waals surface area contributed by atoms with Crippen LogP contribution in [0.15, 0.2) is 137 Å². The zero-order valence-corrected chi connectivity index (χ0v) is 27.0. The fourth-order valence-corrected chi connectivity index (χ4v) is 6.98. The van der Waals surface area contributed by atoms with E-state index in [0.29, 0.717) is 23.4 Å². The van der Waals surface area contributed by atoms with Crippen LogP contribution in [-0.4, -0.2) is 40.0 Å². The lowest BCUT2D eigenvalue weighted by molar-refractivity contribution is 0.101. The van der Waals surface area contributed by atoms with Crippen molar-refractivity contribution >= 4 is 33.3 Å². The fraction of sp³-hybridized carbons (Fsp3) is 0.0811. The van der Waals surface area contributed by atoms with Crippen LogP contribution in [0, 0.1) is 0 Å². The van der Waals surface area contributed by atoms with Crippen LogP contribution in [0.5, 0.6) is 5.75 Å². The lowest BCUT2D eigenvalue weighted by Crippen LogP contribution is -2.19. The molecule has 2 N–H and O–H groups in total. The van der Waals surface area contributed by atoms with Gasteiger partial charge in [-0.15, -0.1) is 0 Å². The number of aromatic nitrogens is 3. The quantitative estimate of drug-likeness (QED) is 0.106. The van der Waals surface area contributed by atoms with Crippen molar-refractivity contribution in [2.75, 3.05) is 10.5 Å². The monoisotopic (exact) mass is 658 g/mol. The van der Waals surface area contributed by atoms with E-state index in [1.165, 1.54) is 25.1 Å². The number of sulfonamides is 1. The number of phenolic OH excluding ortho intramolecular Hbond substituents is 1. The Morgan fingerprint density at radius 2 is 1.38 bits per heavy atom. The molecule has 0 saturated carbocycles. The van der Waals surface area contributed by atoms with Crippen molar-refractivity contribution in [3.63, 3.8) is 0 Å². The van der Waals surface area contributed by atoms with Gasteiger partial charge in [0.05, 0.1) is 11.4 Å². The van der Waals surface area contributed by atoms with Crippen molar-refractivity contribution in [3.8, 4) is 39.9 Å². The van der Waals surface area contributed by atoms with Gasteiger partial charge in [0.1, 0.15) is 5.75 Å². The van der Waals surface area contributed by atoms with E-state index < -0.39 is 10.0 Å². The summed E-state index contributed by atoms with van der Waals surface area (Å²) < 4.78 is 29.2. The van der Waals surface area contributed by atoms with E-state index in [1.54, 1.807) is 36.0 Å². The van der Waals surface area contributed by atoms with Gasteiger partial charge in [0.25, 0.3) is 0 Å². The average molecular weight is 659 g/mol. The lowest BCUT2D eigenvalue weighted by atomic mass is 10.1. The Kier molecular flexibility index (Phi) is 9.42. The fourth-order valence-electron chi connectivity index (χ4n) is 4.90. The van der Waals surface area contributed by atoms with Crippen molar-refractivity contribution in [1.29, 1.82) is 0 Å². The number of benzene rings is 5. The van der Waals surface area contributed by atoms with Crippen LogP contribution in [0.1, 0.15) is 22.8 Å². The van der Waals surface area contributed by atoms with Gasteiger partial charge in [-0.25, -0.2) is 23.4 Å². The summed E-state index contributed by atoms with van der Waals surface area (Å²) in [5.74, 6) is 0.440. The molecule has 0 radical (unpaired) electrons. The van der Waals surface area contributed by atoms with E-state index in [4.69, 9.17) is 15.0 Å². The third-order valence-corrected chi connectivity index (χ3v) is 9.63. The van der Waals surface area contributed by atoms with Crippen LogP contribution in [0.3, 0.4) is 0 Å². The zero-order chi connectivity index (χ0) is 32.8. The second kappa shape index (κ2) is 14.0. The van der Waals surface area contributed by atoms with Gasteiger partial charge in [0.15, 0.2) is 23.3 Å². The van der Waals surface area contributed by atoms with Crippen molar-refractivity contribution in [2.24, 2.45) is 0 Å². The number of anilines is 1. The average Bonchev–Trinajstić information content (AvgIpc) is 3.09. The minimum absolute atomic E-state index is 0.0886. The molecular formula is C37H30N4O4S2. The summed E-state index contributed by atoms with van der Waals surface area (Å²) in [7, 11) is -3.80. The van der Waals surface area contributed by atoms with Crippen molar-refractivity contribution < 1.29 is 18.3 Å². The Labute approximate surface area is 277 Å². The highest BCUT2D eigenvalue weighted by atomic mass is 32.2. The molecule has 6 aromatic rings. The molecule has 0 bridgehead atoms. The topological polar surface area (TPSA) is 122 Å². The molecule has 0 aliphatic rings. The van der Waals surface area contributed by atoms with Gasteiger partial charge in [-0.2, -0.15) is 0 Å². The summed E-state index contributed by atoms with van der Waals surface area (Å²) in [6, 6.07) is 38.3. The van der Waals surface area contributed by atoms with Gasteiger partial charge in [0, 0.05) is 32.0 Å². The number of hydrogen-bond donors (Lipinski definition) is 2. The molecular weight excluding hydrogens is 629 g/mol. The molecule has 1 heterocycles. The maximum atomic E-state index is 13.3. The van der Waals surface area contributed by atoms with Crippen LogP contribution in [0.2, 0.25) is 0 Å². The number of aryl methyl sites for hydroxylation is 1. The number of rotatable bonds is 11. The second-order valence-electron chi connectivity index (χ2n) is 10.7. The summed E-state index contributed by atoms with van der Waals surface area (Å²) in [6.07, 6.45) is 0.325. The first-order valence-electron chi connectivity index (χ1n) is 14.8. The maximum absolute atomic E-state index is 13.3. The molecule has 0 aliphatic carbocycles. The van der Waals surface area contributed by atoms with E-state index in [-0.39, 0.29) is 40.2 Å². The smallest absolute Gasteiger partial charge is 0.233 e. The first kappa shape index (κ1) is 31.7. The highest BCUT2D eigenvalue weighted by Gasteiger charge is 2.20. The van der Waals surface area contributed by atoms with Crippen LogP contribution >= 0.6 is 11.8 Å². The van der Waals surface area contributed by atoms with Crippen molar-refractivity contribution in [3.05, 3.63) is 139 Å². The molecule has 234 valence electrons. The summed E-state index contributed by atoms with van der Waals surface area (Å²) in [6.45, 7) is 1.49. The van der Waals surface area contributed by atoms with Gasteiger partial charge >= 0.3 is 0 Å². The number of phenols is 1. The predicted octanol–water partition coefficient (Wildman–Crippen LogP) is 7.92. The molecule has 1 aromatic heterocycles. The summed E-state index contributed by atoms with van der Waals surface area (Å²) in [4.78, 5) is 28.6. The molecule has 8 nitrogen and oxygen atoms in total. The number of ketones is 1. The van der Waals surface area contributed by atoms with Crippen LogP contribution in [0.25, 0.3) is 34.2 Å². The summed E-state index contributed by atoms with van der Waals surface area (Å²) in [5.41, 5.74) is 3.20. The van der Waals surface area contributed by atoms with E-state index in [0.717, 1.165) is 20.9 Å². The first-order valence-corrected chi connectivity index (χ1v) is 17.3. The van der Waals surface area contributed by atoms with Crippen LogP contribution in [0.4, 0.5) is 5.69 Å². The second-order valence-corrected chi connectivity index (χ2v) is 13.7. The van der Waals surface area contributed by atoms with Gasteiger partial charge in [-0.3, -0.25) is 9.52 Å². The van der Waals surface area contributed by atoms with Crippen LogP contribution < -0.4 is 4.72 Å². The third kappa shape index (κ3) is 7.92. The Hall–Kier alpha value is -5.32. The Morgan fingerprint density at radius 3 is 2.13 bits per heavy atom. The molecule has 0 unspecified atom stereocenters. The minimum Gasteiger partial charge on any atom is -0.508 e. The number of nitrogens with one attached hydrogen (secondary N) is 1. The maximum Gasteiger partial charge on any atom is 0.233 e. The van der Waals surface area contributed by atoms with E-state index >= 15 is 0 Å². The minimum atomic E-state index is -3.80. The molecule has 5 aromatic carbocycles. The highest BCUT2D eigenvalue weighted by Crippen LogP contribution is 2.37. The standard InChI is InChI=1S/C37H30N4O4S2/c1-25(42)27-13-10-14-28(23-27)35-38-36(31-17-8-9-18-34(31)46-30-15-6-3-7-16-30)40-37(39-35)32-24-29(43)19-20-33(32)41-47(44,45)22-21-26-11-4-2-5-12-26/h2-20,23-24,41,43H,21-22H2,1H3. The number of aromatic hydroxyl groups is 1. The molecule has 0 fully saturated rings. The van der Waals surface area contributed by atoms with Crippen molar-refractivity contribution in [2.45, 2.75) is 23.1 Å². The number of carbonyl (C=O) groups is 1. The van der Waals surface area contributed by atoms with Crippen LogP contribution in [-0.2, 0) is 16.4 Å². The molecule has 0 atom stereocenters. The number of nitrogens with zero attached hydrogens (tertiary/aromatic N) is 3. The van der Waals surface area contributed by atoms with Crippen molar-refractivity contribution in [1.82, 2.24) is 15.0 Å². The third-order valence-electron chi connectivity index (χ3n) is 7.27. The SMILES string of the molecule is CC(=O)c1cccc(-c2nc(-c3cc(O)ccc3NS(=O)(=O)CCc3ccccc3)nc(-c3ccccc3Sc3ccccc3)n2)c1. The summed E-state index contributed by atoms with van der Waals surface area (Å²) >= 11 is 1.56. The molecule has 6 rings (SSSR count). The van der Waals surface area contributed by atoms with E-state index in [1.807, 2.05) is 84.9 Å². The van der Waals surface area contributed by atoms with Gasteiger partial charge in [0.2, 0.25) is 10.0 Å². The first-order chi connectivity index (χ1) is 22.7. The van der Waals surface area contributed by atoms with E-state index in [2.05, 4.69) is 4.72 Å². The molecule has 0 aliphatic heterocycles. The Bertz CT molecular complexity index is 2160. The molecule has 0 saturated heterocycles. The summed E-state index contributed by atoms with van der Waals surface area (Å²) in [5, 5.41) is 10.5. The normalized spacial score (nSPS) is 11.3. The van der Waals surface area contributed by atoms with Gasteiger partial charge < -0.3 is 5.11 Å². The molecule has 0 amide bonds. The predicted molar refractivity (Wildman–Crippen MR) is 186 cm³/mol. The van der Waals surface area contributed by atoms with E-state index in [9.17, 15) is 18.3 Å². The Balaban J connectivity index is 1.46. The zero-order valence-electron chi connectivity index (χ0n) is 25.4. The molecule has 47 heavy (non-hydrogen) atoms. The van der Waals surface area contributed by atoms with Gasteiger partial charge in [-0.05, 0) is 61.4 Å². The van der Waals surface area contributed by atoms with Gasteiger partial charge in [-0.1, -0.05) is 96.7 Å². The Morgan fingerprint density at radius 1 is 0.723 bits per heavy atom. The molecule has 10 heteroatoms. The number of carbonyl (C=O) groups excluding carboxylic acids is 1. The number of hydrogen-bond acceptors (Lipinski definition) is 8. The molecule has 0 spiro atoms. The highest BCUT2D eigenvalue weighted by molar-refractivity contribution is 7.99.